The Bertz CT molecular complexity index is 396. The second-order valence-corrected chi connectivity index (χ2v) is 6.43. The van der Waals surface area contributed by atoms with Crippen molar-refractivity contribution >= 4 is 11.9 Å². The SMILES string of the molecule is C=CC(=O)N1CC(C)N(C(=O)N(C)C(C)C(C)C)C(C)C1. The van der Waals surface area contributed by atoms with Crippen molar-refractivity contribution in [1.29, 1.82) is 0 Å². The molecule has 0 bridgehead atoms. The van der Waals surface area contributed by atoms with Crippen LogP contribution in [0.1, 0.15) is 34.6 Å². The molecule has 1 rings (SSSR count). The van der Waals surface area contributed by atoms with Crippen LogP contribution < -0.4 is 0 Å². The van der Waals surface area contributed by atoms with E-state index in [-0.39, 0.29) is 30.1 Å². The van der Waals surface area contributed by atoms with Crippen LogP contribution in [0.4, 0.5) is 4.79 Å². The summed E-state index contributed by atoms with van der Waals surface area (Å²) in [4.78, 5) is 30.0. The van der Waals surface area contributed by atoms with Crippen LogP contribution in [0.15, 0.2) is 12.7 Å². The largest absolute Gasteiger partial charge is 0.335 e. The Labute approximate surface area is 128 Å². The second-order valence-electron chi connectivity index (χ2n) is 6.43. The zero-order valence-corrected chi connectivity index (χ0v) is 14.2. The molecule has 3 amide bonds. The summed E-state index contributed by atoms with van der Waals surface area (Å²) in [5.41, 5.74) is 0. The van der Waals surface area contributed by atoms with E-state index in [1.165, 1.54) is 6.08 Å². The lowest BCUT2D eigenvalue weighted by Gasteiger charge is -2.46. The number of rotatable bonds is 3. The molecule has 0 N–H and O–H groups in total. The Morgan fingerprint density at radius 2 is 1.67 bits per heavy atom. The number of nitrogens with zero attached hydrogens (tertiary/aromatic N) is 3. The molecular formula is C16H29N3O2. The molecule has 0 radical (unpaired) electrons. The maximum atomic E-state index is 12.7. The maximum absolute atomic E-state index is 12.7. The van der Waals surface area contributed by atoms with Gasteiger partial charge in [-0.15, -0.1) is 0 Å². The lowest BCUT2D eigenvalue weighted by molar-refractivity contribution is -0.129. The Hall–Kier alpha value is -1.52. The van der Waals surface area contributed by atoms with Gasteiger partial charge in [-0.3, -0.25) is 4.79 Å². The van der Waals surface area contributed by atoms with Gasteiger partial charge < -0.3 is 14.7 Å². The van der Waals surface area contributed by atoms with Crippen molar-refractivity contribution in [3.8, 4) is 0 Å². The van der Waals surface area contributed by atoms with E-state index in [1.807, 2.05) is 30.7 Å². The number of carbonyl (C=O) groups is 2. The zero-order valence-electron chi connectivity index (χ0n) is 14.2. The van der Waals surface area contributed by atoms with Crippen molar-refractivity contribution in [2.24, 2.45) is 5.92 Å². The van der Waals surface area contributed by atoms with Gasteiger partial charge in [-0.2, -0.15) is 0 Å². The Kier molecular flexibility index (Phi) is 5.81. The van der Waals surface area contributed by atoms with E-state index in [2.05, 4.69) is 27.4 Å². The molecule has 0 aliphatic carbocycles. The molecule has 3 atom stereocenters. The highest BCUT2D eigenvalue weighted by atomic mass is 16.2. The number of hydrogen-bond donors (Lipinski definition) is 0. The molecule has 1 saturated heterocycles. The van der Waals surface area contributed by atoms with Crippen molar-refractivity contribution < 1.29 is 9.59 Å². The fourth-order valence-corrected chi connectivity index (χ4v) is 2.81. The van der Waals surface area contributed by atoms with E-state index in [0.717, 1.165) is 0 Å². The minimum atomic E-state index is -0.0651. The lowest BCUT2D eigenvalue weighted by atomic mass is 10.0. The number of amides is 3. The number of urea groups is 1. The topological polar surface area (TPSA) is 43.9 Å². The van der Waals surface area contributed by atoms with E-state index in [0.29, 0.717) is 19.0 Å². The molecule has 5 heteroatoms. The van der Waals surface area contributed by atoms with Crippen LogP contribution in [0.2, 0.25) is 0 Å². The quantitative estimate of drug-likeness (QED) is 0.749. The summed E-state index contributed by atoms with van der Waals surface area (Å²) in [5.74, 6) is 0.345. The van der Waals surface area contributed by atoms with Gasteiger partial charge in [-0.1, -0.05) is 20.4 Å². The summed E-state index contributed by atoms with van der Waals surface area (Å²) >= 11 is 0. The third-order valence-corrected chi connectivity index (χ3v) is 4.50. The summed E-state index contributed by atoms with van der Waals surface area (Å²) in [5, 5.41) is 0. The molecule has 1 aliphatic rings. The maximum Gasteiger partial charge on any atom is 0.320 e. The van der Waals surface area contributed by atoms with Gasteiger partial charge in [-0.25, -0.2) is 4.79 Å². The normalized spacial score (nSPS) is 24.0. The molecule has 3 unspecified atom stereocenters. The average molecular weight is 295 g/mol. The third-order valence-electron chi connectivity index (χ3n) is 4.50. The summed E-state index contributed by atoms with van der Waals surface area (Å²) in [6.07, 6.45) is 1.34. The first kappa shape index (κ1) is 17.5. The van der Waals surface area contributed by atoms with Gasteiger partial charge in [0.05, 0.1) is 0 Å². The standard InChI is InChI=1S/C16H29N3O2/c1-8-15(20)18-9-12(4)19(13(5)10-18)16(21)17(7)14(6)11(2)3/h8,11-14H,1,9-10H2,2-7H3. The minimum absolute atomic E-state index is 0.00645. The van der Waals surface area contributed by atoms with Crippen molar-refractivity contribution in [2.45, 2.75) is 52.7 Å². The molecule has 120 valence electrons. The molecule has 0 aromatic rings. The van der Waals surface area contributed by atoms with E-state index < -0.39 is 0 Å². The Morgan fingerprint density at radius 1 is 1.19 bits per heavy atom. The molecule has 1 fully saturated rings. The van der Waals surface area contributed by atoms with Gasteiger partial charge >= 0.3 is 6.03 Å². The van der Waals surface area contributed by atoms with Gasteiger partial charge in [0.25, 0.3) is 0 Å². The monoisotopic (exact) mass is 295 g/mol. The molecule has 1 heterocycles. The third kappa shape index (κ3) is 3.77. The Morgan fingerprint density at radius 3 is 2.05 bits per heavy atom. The molecule has 0 aromatic heterocycles. The Balaban J connectivity index is 2.82. The summed E-state index contributed by atoms with van der Waals surface area (Å²) in [7, 11) is 1.85. The molecule has 0 aromatic carbocycles. The number of carbonyl (C=O) groups excluding carboxylic acids is 2. The van der Waals surface area contributed by atoms with E-state index in [9.17, 15) is 9.59 Å². The fourth-order valence-electron chi connectivity index (χ4n) is 2.81. The van der Waals surface area contributed by atoms with Gasteiger partial charge in [0, 0.05) is 38.3 Å². The number of piperazine rings is 1. The lowest BCUT2D eigenvalue weighted by Crippen LogP contribution is -2.62. The predicted molar refractivity (Wildman–Crippen MR) is 85.0 cm³/mol. The van der Waals surface area contributed by atoms with Crippen LogP contribution in [0, 0.1) is 5.92 Å². The molecule has 0 saturated carbocycles. The highest BCUT2D eigenvalue weighted by Crippen LogP contribution is 2.20. The molecule has 21 heavy (non-hydrogen) atoms. The molecular weight excluding hydrogens is 266 g/mol. The number of hydrogen-bond acceptors (Lipinski definition) is 2. The van der Waals surface area contributed by atoms with E-state index >= 15 is 0 Å². The summed E-state index contributed by atoms with van der Waals surface area (Å²) in [6, 6.07) is 0.241. The van der Waals surface area contributed by atoms with Gasteiger partial charge in [0.1, 0.15) is 0 Å². The van der Waals surface area contributed by atoms with Crippen LogP contribution in [0.25, 0.3) is 0 Å². The van der Waals surface area contributed by atoms with Crippen LogP contribution in [-0.4, -0.2) is 64.9 Å². The van der Waals surface area contributed by atoms with Crippen molar-refractivity contribution in [1.82, 2.24) is 14.7 Å². The fraction of sp³-hybridized carbons (Fsp3) is 0.750. The van der Waals surface area contributed by atoms with Crippen molar-refractivity contribution in [3.05, 3.63) is 12.7 Å². The van der Waals surface area contributed by atoms with E-state index in [1.54, 1.807) is 4.90 Å². The van der Waals surface area contributed by atoms with Crippen LogP contribution in [0.3, 0.4) is 0 Å². The first-order chi connectivity index (χ1) is 9.70. The summed E-state index contributed by atoms with van der Waals surface area (Å²) < 4.78 is 0. The molecule has 1 aliphatic heterocycles. The molecule has 0 spiro atoms. The highest BCUT2D eigenvalue weighted by molar-refractivity contribution is 5.87. The van der Waals surface area contributed by atoms with Gasteiger partial charge in [0.2, 0.25) is 5.91 Å². The minimum Gasteiger partial charge on any atom is -0.335 e. The summed E-state index contributed by atoms with van der Waals surface area (Å²) in [6.45, 7) is 14.9. The molecule has 5 nitrogen and oxygen atoms in total. The van der Waals surface area contributed by atoms with Crippen LogP contribution >= 0.6 is 0 Å². The first-order valence-electron chi connectivity index (χ1n) is 7.67. The van der Waals surface area contributed by atoms with Crippen molar-refractivity contribution in [2.75, 3.05) is 20.1 Å². The van der Waals surface area contributed by atoms with Crippen LogP contribution in [0.5, 0.6) is 0 Å². The van der Waals surface area contributed by atoms with Gasteiger partial charge in [-0.05, 0) is 32.8 Å². The van der Waals surface area contributed by atoms with Gasteiger partial charge in [0.15, 0.2) is 0 Å². The highest BCUT2D eigenvalue weighted by Gasteiger charge is 2.36. The average Bonchev–Trinajstić information content (AvgIpc) is 2.43. The van der Waals surface area contributed by atoms with Crippen LogP contribution in [-0.2, 0) is 4.79 Å². The second kappa shape index (κ2) is 6.96. The predicted octanol–water partition coefficient (Wildman–Crippen LogP) is 2.19. The zero-order chi connectivity index (χ0) is 16.3. The smallest absolute Gasteiger partial charge is 0.320 e. The first-order valence-corrected chi connectivity index (χ1v) is 7.67. The van der Waals surface area contributed by atoms with Crippen molar-refractivity contribution in [3.63, 3.8) is 0 Å². The van der Waals surface area contributed by atoms with E-state index in [4.69, 9.17) is 0 Å².